The van der Waals surface area contributed by atoms with E-state index in [-0.39, 0.29) is 17.2 Å². The van der Waals surface area contributed by atoms with Crippen LogP contribution in [0.1, 0.15) is 24.0 Å². The van der Waals surface area contributed by atoms with Gasteiger partial charge in [-0.1, -0.05) is 54.1 Å². The lowest BCUT2D eigenvalue weighted by Gasteiger charge is -2.40. The van der Waals surface area contributed by atoms with Gasteiger partial charge in [0.2, 0.25) is 0 Å². The minimum atomic E-state index is -4.22. The van der Waals surface area contributed by atoms with Gasteiger partial charge in [-0.05, 0) is 37.6 Å². The molecule has 0 fully saturated rings. The summed E-state index contributed by atoms with van der Waals surface area (Å²) in [5.41, 5.74) is 1.51. The van der Waals surface area contributed by atoms with Crippen molar-refractivity contribution in [1.29, 1.82) is 0 Å². The molecule has 0 amide bonds. The molecule has 158 valence electrons. The van der Waals surface area contributed by atoms with Crippen molar-refractivity contribution in [2.45, 2.75) is 30.9 Å². The number of sulfonamides is 1. The van der Waals surface area contributed by atoms with Crippen LogP contribution < -0.4 is 0 Å². The normalized spacial score (nSPS) is 21.6. The molecule has 0 aliphatic carbocycles. The fourth-order valence-corrected chi connectivity index (χ4v) is 5.09. The van der Waals surface area contributed by atoms with E-state index in [1.165, 1.54) is 24.3 Å². The Morgan fingerprint density at radius 2 is 1.80 bits per heavy atom. The Kier molecular flexibility index (Phi) is 6.43. The van der Waals surface area contributed by atoms with E-state index in [2.05, 4.69) is 6.58 Å². The van der Waals surface area contributed by atoms with E-state index in [9.17, 15) is 18.3 Å². The SMILES string of the molecule is C=C[C@@H]1[C@@H](c2ccccc2)C=C(C(=O)OCC)N(S(=O)(=O)c2ccc(C)cc2)[C@@H]1O. The molecule has 1 aliphatic heterocycles. The number of aliphatic hydroxyl groups is 1. The Labute approximate surface area is 177 Å². The number of ether oxygens (including phenoxy) is 1. The second-order valence-electron chi connectivity index (χ2n) is 7.05. The van der Waals surface area contributed by atoms with Crippen LogP contribution in [0.4, 0.5) is 0 Å². The molecule has 0 saturated carbocycles. The van der Waals surface area contributed by atoms with Gasteiger partial charge in [0, 0.05) is 11.8 Å². The number of hydrogen-bond donors (Lipinski definition) is 1. The zero-order valence-corrected chi connectivity index (χ0v) is 17.7. The molecule has 1 N–H and O–H groups in total. The van der Waals surface area contributed by atoms with Crippen LogP contribution in [0.2, 0.25) is 0 Å². The molecule has 0 saturated heterocycles. The summed E-state index contributed by atoms with van der Waals surface area (Å²) in [5.74, 6) is -1.91. The maximum absolute atomic E-state index is 13.4. The Bertz CT molecular complexity index is 1040. The van der Waals surface area contributed by atoms with Crippen LogP contribution in [0.3, 0.4) is 0 Å². The summed E-state index contributed by atoms with van der Waals surface area (Å²) in [6, 6.07) is 15.5. The van der Waals surface area contributed by atoms with Gasteiger partial charge >= 0.3 is 5.97 Å². The highest BCUT2D eigenvalue weighted by molar-refractivity contribution is 7.89. The van der Waals surface area contributed by atoms with Crippen LogP contribution in [0.25, 0.3) is 0 Å². The predicted octanol–water partition coefficient (Wildman–Crippen LogP) is 3.35. The highest BCUT2D eigenvalue weighted by Crippen LogP contribution is 2.40. The Hall–Kier alpha value is -2.90. The van der Waals surface area contributed by atoms with Crippen molar-refractivity contribution in [3.8, 4) is 0 Å². The van der Waals surface area contributed by atoms with Crippen LogP contribution in [-0.2, 0) is 19.6 Å². The van der Waals surface area contributed by atoms with Crippen LogP contribution in [0.15, 0.2) is 83.9 Å². The summed E-state index contributed by atoms with van der Waals surface area (Å²) < 4.78 is 32.7. The van der Waals surface area contributed by atoms with E-state index < -0.39 is 34.1 Å². The topological polar surface area (TPSA) is 83.9 Å². The molecule has 2 aromatic carbocycles. The van der Waals surface area contributed by atoms with Crippen molar-refractivity contribution >= 4 is 16.0 Å². The Balaban J connectivity index is 2.18. The molecule has 0 aromatic heterocycles. The molecule has 0 unspecified atom stereocenters. The van der Waals surface area contributed by atoms with E-state index in [4.69, 9.17) is 4.74 Å². The number of nitrogens with zero attached hydrogens (tertiary/aromatic N) is 1. The monoisotopic (exact) mass is 427 g/mol. The number of carbonyl (C=O) groups excluding carboxylic acids is 1. The lowest BCUT2D eigenvalue weighted by molar-refractivity contribution is -0.141. The molecular formula is C23H25NO5S. The number of hydrogen-bond acceptors (Lipinski definition) is 5. The molecule has 1 heterocycles. The van der Waals surface area contributed by atoms with E-state index in [0.717, 1.165) is 15.4 Å². The maximum atomic E-state index is 13.4. The first-order valence-corrected chi connectivity index (χ1v) is 11.1. The van der Waals surface area contributed by atoms with Crippen molar-refractivity contribution in [2.24, 2.45) is 5.92 Å². The zero-order chi connectivity index (χ0) is 21.9. The van der Waals surface area contributed by atoms with Gasteiger partial charge in [0.05, 0.1) is 11.5 Å². The van der Waals surface area contributed by atoms with Crippen LogP contribution in [0, 0.1) is 12.8 Å². The predicted molar refractivity (Wildman–Crippen MR) is 114 cm³/mol. The zero-order valence-electron chi connectivity index (χ0n) is 16.9. The van der Waals surface area contributed by atoms with Crippen LogP contribution in [-0.4, -0.2) is 36.6 Å². The highest BCUT2D eigenvalue weighted by Gasteiger charge is 2.45. The number of esters is 1. The van der Waals surface area contributed by atoms with Crippen molar-refractivity contribution in [1.82, 2.24) is 4.31 Å². The minimum absolute atomic E-state index is 0.0247. The minimum Gasteiger partial charge on any atom is -0.461 e. The van der Waals surface area contributed by atoms with Gasteiger partial charge in [-0.25, -0.2) is 17.5 Å². The summed E-state index contributed by atoms with van der Waals surface area (Å²) in [4.78, 5) is 12.7. The third-order valence-electron chi connectivity index (χ3n) is 5.09. The molecule has 2 aromatic rings. The lowest BCUT2D eigenvalue weighted by Crippen LogP contribution is -2.49. The molecular weight excluding hydrogens is 402 g/mol. The fourth-order valence-electron chi connectivity index (χ4n) is 3.56. The number of aryl methyl sites for hydroxylation is 1. The van der Waals surface area contributed by atoms with Gasteiger partial charge in [0.15, 0.2) is 0 Å². The van der Waals surface area contributed by atoms with Crippen LogP contribution in [0.5, 0.6) is 0 Å². The second kappa shape index (κ2) is 8.85. The third kappa shape index (κ3) is 4.04. The quantitative estimate of drug-likeness (QED) is 0.565. The first kappa shape index (κ1) is 21.8. The van der Waals surface area contributed by atoms with Gasteiger partial charge in [0.25, 0.3) is 10.0 Å². The van der Waals surface area contributed by atoms with Gasteiger partial charge in [-0.2, -0.15) is 0 Å². The third-order valence-corrected chi connectivity index (χ3v) is 6.89. The summed E-state index contributed by atoms with van der Waals surface area (Å²) >= 11 is 0. The number of benzene rings is 2. The first-order chi connectivity index (χ1) is 14.3. The largest absolute Gasteiger partial charge is 0.461 e. The van der Waals surface area contributed by atoms with Gasteiger partial charge in [0.1, 0.15) is 11.9 Å². The first-order valence-electron chi connectivity index (χ1n) is 9.67. The average molecular weight is 428 g/mol. The summed E-state index contributed by atoms with van der Waals surface area (Å²) in [5, 5.41) is 11.1. The van der Waals surface area contributed by atoms with Crippen molar-refractivity contribution in [2.75, 3.05) is 6.61 Å². The molecule has 30 heavy (non-hydrogen) atoms. The lowest BCUT2D eigenvalue weighted by atomic mass is 9.82. The molecule has 0 spiro atoms. The van der Waals surface area contributed by atoms with E-state index in [0.29, 0.717) is 0 Å². The molecule has 1 aliphatic rings. The second-order valence-corrected chi connectivity index (χ2v) is 8.86. The number of allylic oxidation sites excluding steroid dienone is 1. The average Bonchev–Trinajstić information content (AvgIpc) is 2.74. The Morgan fingerprint density at radius 3 is 2.37 bits per heavy atom. The number of carbonyl (C=O) groups is 1. The van der Waals surface area contributed by atoms with Crippen molar-refractivity contribution in [3.63, 3.8) is 0 Å². The summed E-state index contributed by atoms with van der Waals surface area (Å²) in [6.45, 7) is 7.34. The van der Waals surface area contributed by atoms with E-state index in [1.54, 1.807) is 19.1 Å². The number of rotatable bonds is 6. The molecule has 0 bridgehead atoms. The van der Waals surface area contributed by atoms with E-state index in [1.807, 2.05) is 37.3 Å². The standard InChI is InChI=1S/C23H25NO5S/c1-4-19-20(17-9-7-6-8-10-17)15-21(23(26)29-5-2)24(22(19)25)30(27,28)18-13-11-16(3)12-14-18/h4,6-15,19-20,22,25H,1,5H2,2-3H3/t19-,20-,22-/m1/s1. The Morgan fingerprint density at radius 1 is 1.17 bits per heavy atom. The summed E-state index contributed by atoms with van der Waals surface area (Å²) in [6.07, 6.45) is 1.53. The van der Waals surface area contributed by atoms with Gasteiger partial charge in [-0.15, -0.1) is 6.58 Å². The van der Waals surface area contributed by atoms with Gasteiger partial charge in [-0.3, -0.25) is 0 Å². The van der Waals surface area contributed by atoms with Gasteiger partial charge < -0.3 is 9.84 Å². The van der Waals surface area contributed by atoms with Crippen LogP contribution >= 0.6 is 0 Å². The number of aliphatic hydroxyl groups excluding tert-OH is 1. The molecule has 3 rings (SSSR count). The van der Waals surface area contributed by atoms with Crippen molar-refractivity contribution < 1.29 is 23.1 Å². The highest BCUT2D eigenvalue weighted by atomic mass is 32.2. The van der Waals surface area contributed by atoms with Crippen molar-refractivity contribution in [3.05, 3.63) is 90.2 Å². The molecule has 3 atom stereocenters. The smallest absolute Gasteiger partial charge is 0.355 e. The molecule has 7 heteroatoms. The summed E-state index contributed by atoms with van der Waals surface area (Å²) in [7, 11) is -4.22. The maximum Gasteiger partial charge on any atom is 0.355 e. The molecule has 0 radical (unpaired) electrons. The van der Waals surface area contributed by atoms with E-state index >= 15 is 0 Å². The fraction of sp³-hybridized carbons (Fsp3) is 0.261. The molecule has 6 nitrogen and oxygen atoms in total.